The third-order valence-electron chi connectivity index (χ3n) is 3.14. The van der Waals surface area contributed by atoms with Crippen molar-refractivity contribution in [3.63, 3.8) is 0 Å². The van der Waals surface area contributed by atoms with Crippen molar-refractivity contribution < 1.29 is 8.42 Å². The molecule has 0 bridgehead atoms. The zero-order valence-electron chi connectivity index (χ0n) is 11.1. The summed E-state index contributed by atoms with van der Waals surface area (Å²) >= 11 is 12.3. The average molecular weight is 335 g/mol. The van der Waals surface area contributed by atoms with Gasteiger partial charge in [0.25, 0.3) is 0 Å². The molecule has 1 aromatic carbocycles. The second kappa shape index (κ2) is 6.45. The molecule has 0 saturated carbocycles. The summed E-state index contributed by atoms with van der Waals surface area (Å²) in [6.07, 6.45) is 4.54. The molecule has 1 aliphatic heterocycles. The van der Waals surface area contributed by atoms with E-state index in [1.54, 1.807) is 13.1 Å². The van der Waals surface area contributed by atoms with Crippen molar-refractivity contribution in [2.24, 2.45) is 0 Å². The van der Waals surface area contributed by atoms with E-state index in [0.29, 0.717) is 36.6 Å². The van der Waals surface area contributed by atoms with Gasteiger partial charge in [-0.15, -0.1) is 0 Å². The van der Waals surface area contributed by atoms with Gasteiger partial charge in [-0.1, -0.05) is 35.4 Å². The van der Waals surface area contributed by atoms with Gasteiger partial charge >= 0.3 is 0 Å². The highest BCUT2D eigenvalue weighted by molar-refractivity contribution is 7.89. The fourth-order valence-corrected chi connectivity index (χ4v) is 4.38. The van der Waals surface area contributed by atoms with Gasteiger partial charge in [-0.05, 0) is 25.6 Å². The number of hydrogen-bond donors (Lipinski definition) is 1. The van der Waals surface area contributed by atoms with E-state index in [1.165, 1.54) is 10.4 Å². The maximum Gasteiger partial charge on any atom is 0.244 e. The molecule has 1 aromatic rings. The molecule has 110 valence electrons. The molecule has 0 saturated heterocycles. The van der Waals surface area contributed by atoms with Gasteiger partial charge in [0.1, 0.15) is 4.90 Å². The molecule has 0 spiro atoms. The van der Waals surface area contributed by atoms with Crippen LogP contribution in [0, 0.1) is 0 Å². The number of nitrogens with zero attached hydrogens (tertiary/aromatic N) is 1. The first kappa shape index (κ1) is 15.8. The highest BCUT2D eigenvalue weighted by Crippen LogP contribution is 2.33. The molecule has 0 aromatic heterocycles. The summed E-state index contributed by atoms with van der Waals surface area (Å²) in [6.45, 7) is 1.27. The van der Waals surface area contributed by atoms with Crippen LogP contribution in [0.4, 0.5) is 0 Å². The van der Waals surface area contributed by atoms with Crippen molar-refractivity contribution in [2.45, 2.75) is 17.9 Å². The van der Waals surface area contributed by atoms with Crippen molar-refractivity contribution in [1.82, 2.24) is 9.62 Å². The van der Waals surface area contributed by atoms with Crippen molar-refractivity contribution in [3.8, 4) is 0 Å². The van der Waals surface area contributed by atoms with Crippen LogP contribution >= 0.6 is 23.2 Å². The summed E-state index contributed by atoms with van der Waals surface area (Å²) in [4.78, 5) is 0.115. The Morgan fingerprint density at radius 1 is 1.30 bits per heavy atom. The summed E-state index contributed by atoms with van der Waals surface area (Å²) in [5.41, 5.74) is 0.601. The van der Waals surface area contributed by atoms with Gasteiger partial charge < -0.3 is 5.32 Å². The van der Waals surface area contributed by atoms with Crippen LogP contribution in [-0.2, 0) is 16.6 Å². The highest BCUT2D eigenvalue weighted by atomic mass is 35.5. The maximum atomic E-state index is 12.6. The van der Waals surface area contributed by atoms with E-state index >= 15 is 0 Å². The summed E-state index contributed by atoms with van der Waals surface area (Å²) in [5.74, 6) is 0. The Hall–Kier alpha value is -0.590. The van der Waals surface area contributed by atoms with E-state index in [9.17, 15) is 8.42 Å². The summed E-state index contributed by atoms with van der Waals surface area (Å²) in [5, 5.41) is 3.59. The van der Waals surface area contributed by atoms with E-state index in [1.807, 2.05) is 12.2 Å². The van der Waals surface area contributed by atoms with E-state index in [4.69, 9.17) is 23.2 Å². The van der Waals surface area contributed by atoms with E-state index < -0.39 is 10.0 Å². The second-order valence-corrected chi connectivity index (χ2v) is 7.18. The zero-order chi connectivity index (χ0) is 14.8. The molecule has 7 heteroatoms. The third kappa shape index (κ3) is 3.02. The van der Waals surface area contributed by atoms with Crippen LogP contribution in [0.15, 0.2) is 29.2 Å². The molecule has 0 unspecified atom stereocenters. The Morgan fingerprint density at radius 3 is 2.65 bits per heavy atom. The number of hydrogen-bond acceptors (Lipinski definition) is 3. The van der Waals surface area contributed by atoms with Crippen LogP contribution in [-0.4, -0.2) is 32.9 Å². The first-order valence-corrected chi connectivity index (χ1v) is 8.44. The SMILES string of the molecule is CNCc1c(Cl)ccc(S(=O)(=O)N2CC=CCC2)c1Cl. The molecule has 4 nitrogen and oxygen atoms in total. The zero-order valence-corrected chi connectivity index (χ0v) is 13.4. The molecule has 1 heterocycles. The average Bonchev–Trinajstić information content (AvgIpc) is 2.44. The quantitative estimate of drug-likeness (QED) is 0.861. The molecule has 0 aliphatic carbocycles. The second-order valence-electron chi connectivity index (χ2n) is 4.49. The molecular weight excluding hydrogens is 319 g/mol. The molecule has 0 radical (unpaired) electrons. The van der Waals surface area contributed by atoms with Gasteiger partial charge in [0.05, 0.1) is 5.02 Å². The van der Waals surface area contributed by atoms with Gasteiger partial charge in [-0.25, -0.2) is 8.42 Å². The van der Waals surface area contributed by atoms with E-state index in [-0.39, 0.29) is 9.92 Å². The van der Waals surface area contributed by atoms with Gasteiger partial charge in [0.15, 0.2) is 0 Å². The Morgan fingerprint density at radius 2 is 2.05 bits per heavy atom. The fraction of sp³-hybridized carbons (Fsp3) is 0.385. The Balaban J connectivity index is 2.46. The van der Waals surface area contributed by atoms with Crippen LogP contribution in [0.5, 0.6) is 0 Å². The predicted octanol–water partition coefficient (Wildman–Crippen LogP) is 2.66. The van der Waals surface area contributed by atoms with Crippen LogP contribution in [0.3, 0.4) is 0 Å². The molecule has 0 amide bonds. The lowest BCUT2D eigenvalue weighted by Gasteiger charge is -2.24. The molecule has 1 aliphatic rings. The Labute approximate surface area is 129 Å². The van der Waals surface area contributed by atoms with Gasteiger partial charge in [-0.2, -0.15) is 4.31 Å². The number of benzene rings is 1. The van der Waals surface area contributed by atoms with E-state index in [0.717, 1.165) is 0 Å². The van der Waals surface area contributed by atoms with Gasteiger partial charge in [-0.3, -0.25) is 0 Å². The molecule has 1 N–H and O–H groups in total. The normalized spacial score (nSPS) is 16.6. The first-order chi connectivity index (χ1) is 9.48. The molecule has 20 heavy (non-hydrogen) atoms. The van der Waals surface area contributed by atoms with Crippen LogP contribution in [0.2, 0.25) is 10.0 Å². The third-order valence-corrected chi connectivity index (χ3v) is 5.95. The van der Waals surface area contributed by atoms with Crippen molar-refractivity contribution >= 4 is 33.2 Å². The van der Waals surface area contributed by atoms with Crippen molar-refractivity contribution in [1.29, 1.82) is 0 Å². The standard InChI is InChI=1S/C13H16Cl2N2O2S/c1-16-9-10-11(14)5-6-12(13(10)15)20(18,19)17-7-3-2-4-8-17/h2-3,5-6,16H,4,7-9H2,1H3. The Bertz CT molecular complexity index is 630. The smallest absolute Gasteiger partial charge is 0.244 e. The maximum absolute atomic E-state index is 12.6. The minimum atomic E-state index is -3.59. The van der Waals surface area contributed by atoms with Crippen LogP contribution in [0.25, 0.3) is 0 Å². The van der Waals surface area contributed by atoms with Gasteiger partial charge in [0.2, 0.25) is 10.0 Å². The lowest BCUT2D eigenvalue weighted by Crippen LogP contribution is -2.34. The number of halogens is 2. The summed E-state index contributed by atoms with van der Waals surface area (Å²) in [7, 11) is -1.83. The fourth-order valence-electron chi connectivity index (χ4n) is 2.09. The lowest BCUT2D eigenvalue weighted by atomic mass is 10.2. The number of rotatable bonds is 4. The largest absolute Gasteiger partial charge is 0.316 e. The predicted molar refractivity (Wildman–Crippen MR) is 81.7 cm³/mol. The highest BCUT2D eigenvalue weighted by Gasteiger charge is 2.28. The number of nitrogens with one attached hydrogen (secondary N) is 1. The Kier molecular flexibility index (Phi) is 5.09. The molecule has 0 atom stereocenters. The number of sulfonamides is 1. The van der Waals surface area contributed by atoms with Crippen LogP contribution in [0.1, 0.15) is 12.0 Å². The summed E-state index contributed by atoms with van der Waals surface area (Å²) < 4.78 is 26.7. The van der Waals surface area contributed by atoms with Gasteiger partial charge in [0, 0.05) is 30.2 Å². The van der Waals surface area contributed by atoms with Crippen LogP contribution < -0.4 is 5.32 Å². The minimum absolute atomic E-state index is 0.115. The topological polar surface area (TPSA) is 49.4 Å². The van der Waals surface area contributed by atoms with Crippen molar-refractivity contribution in [3.05, 3.63) is 39.9 Å². The van der Waals surface area contributed by atoms with Crippen molar-refractivity contribution in [2.75, 3.05) is 20.1 Å². The molecule has 0 fully saturated rings. The first-order valence-electron chi connectivity index (χ1n) is 6.25. The summed E-state index contributed by atoms with van der Waals surface area (Å²) in [6, 6.07) is 3.05. The molecule has 2 rings (SSSR count). The lowest BCUT2D eigenvalue weighted by molar-refractivity contribution is 0.437. The molecular formula is C13H16Cl2N2O2S. The minimum Gasteiger partial charge on any atom is -0.316 e. The monoisotopic (exact) mass is 334 g/mol. The van der Waals surface area contributed by atoms with E-state index in [2.05, 4.69) is 5.32 Å².